The van der Waals surface area contributed by atoms with Gasteiger partial charge in [0.1, 0.15) is 5.70 Å². The molecule has 142 valence electrons. The lowest BCUT2D eigenvalue weighted by atomic mass is 10.0. The molecule has 0 N–H and O–H groups in total. The normalized spacial score (nSPS) is 17.4. The molecule has 0 saturated carbocycles. The van der Waals surface area contributed by atoms with E-state index in [1.54, 1.807) is 24.3 Å². The highest BCUT2D eigenvalue weighted by Gasteiger charge is 2.42. The van der Waals surface area contributed by atoms with Crippen molar-refractivity contribution in [2.75, 3.05) is 31.2 Å². The number of anilines is 1. The molecule has 0 radical (unpaired) electrons. The van der Waals surface area contributed by atoms with Gasteiger partial charge in [0.2, 0.25) is 0 Å². The summed E-state index contributed by atoms with van der Waals surface area (Å²) >= 11 is 0. The van der Waals surface area contributed by atoms with Crippen molar-refractivity contribution in [3.63, 3.8) is 0 Å². The standard InChI is InChI=1S/C20H17N3O5/c24-19-17(14-6-8-16(9-7-14)23(26)27)18(21-10-12-28-13-11-21)20(25)22(19)15-4-2-1-3-5-15/h1-9H,10-13H2. The molecule has 4 rings (SSSR count). The number of nitro groups is 1. The molecule has 2 aromatic carbocycles. The first kappa shape index (κ1) is 17.9. The smallest absolute Gasteiger partial charge is 0.282 e. The largest absolute Gasteiger partial charge is 0.378 e. The summed E-state index contributed by atoms with van der Waals surface area (Å²) in [6.07, 6.45) is 0. The van der Waals surface area contributed by atoms with Crippen LogP contribution < -0.4 is 4.90 Å². The Balaban J connectivity index is 1.81. The van der Waals surface area contributed by atoms with E-state index in [4.69, 9.17) is 4.74 Å². The highest BCUT2D eigenvalue weighted by molar-refractivity contribution is 6.45. The molecular weight excluding hydrogens is 362 g/mol. The maximum atomic E-state index is 13.2. The number of carbonyl (C=O) groups excluding carboxylic acids is 2. The van der Waals surface area contributed by atoms with E-state index < -0.39 is 16.7 Å². The molecule has 2 aliphatic heterocycles. The Hall–Kier alpha value is -3.52. The van der Waals surface area contributed by atoms with Gasteiger partial charge in [-0.1, -0.05) is 18.2 Å². The first-order chi connectivity index (χ1) is 13.6. The Morgan fingerprint density at radius 1 is 0.893 bits per heavy atom. The van der Waals surface area contributed by atoms with Crippen LogP contribution in [0.4, 0.5) is 11.4 Å². The van der Waals surface area contributed by atoms with Crippen molar-refractivity contribution in [3.05, 3.63) is 76.0 Å². The van der Waals surface area contributed by atoms with Crippen molar-refractivity contribution in [2.24, 2.45) is 0 Å². The molecule has 0 aromatic heterocycles. The van der Waals surface area contributed by atoms with Gasteiger partial charge < -0.3 is 9.64 Å². The Bertz CT molecular complexity index is 963. The van der Waals surface area contributed by atoms with E-state index in [1.165, 1.54) is 24.3 Å². The molecule has 0 unspecified atom stereocenters. The number of amides is 2. The van der Waals surface area contributed by atoms with Crippen molar-refractivity contribution in [1.29, 1.82) is 0 Å². The molecule has 2 aliphatic rings. The minimum Gasteiger partial charge on any atom is -0.378 e. The van der Waals surface area contributed by atoms with E-state index in [0.717, 1.165) is 4.90 Å². The second-order valence-electron chi connectivity index (χ2n) is 6.41. The minimum absolute atomic E-state index is 0.0750. The van der Waals surface area contributed by atoms with E-state index in [9.17, 15) is 19.7 Å². The van der Waals surface area contributed by atoms with Gasteiger partial charge in [0.05, 0.1) is 29.4 Å². The molecule has 8 heteroatoms. The fourth-order valence-electron chi connectivity index (χ4n) is 3.42. The van der Waals surface area contributed by atoms with Crippen molar-refractivity contribution in [2.45, 2.75) is 0 Å². The summed E-state index contributed by atoms with van der Waals surface area (Å²) in [4.78, 5) is 39.9. The molecule has 2 heterocycles. The third-order valence-electron chi connectivity index (χ3n) is 4.77. The van der Waals surface area contributed by atoms with Crippen molar-refractivity contribution < 1.29 is 19.2 Å². The van der Waals surface area contributed by atoms with E-state index >= 15 is 0 Å². The molecule has 28 heavy (non-hydrogen) atoms. The topological polar surface area (TPSA) is 93.0 Å². The minimum atomic E-state index is -0.501. The summed E-state index contributed by atoms with van der Waals surface area (Å²) in [5.74, 6) is -0.835. The summed E-state index contributed by atoms with van der Waals surface area (Å²) in [6.45, 7) is 1.91. The van der Waals surface area contributed by atoms with Crippen LogP contribution in [0, 0.1) is 10.1 Å². The van der Waals surface area contributed by atoms with Crippen molar-refractivity contribution >= 4 is 28.8 Å². The van der Waals surface area contributed by atoms with Crippen LogP contribution in [-0.2, 0) is 14.3 Å². The number of rotatable bonds is 4. The maximum Gasteiger partial charge on any atom is 0.282 e. The summed E-state index contributed by atoms with van der Waals surface area (Å²) in [5.41, 5.74) is 1.45. The molecule has 0 spiro atoms. The van der Waals surface area contributed by atoms with Gasteiger partial charge in [-0.15, -0.1) is 0 Å². The van der Waals surface area contributed by atoms with Gasteiger partial charge in [-0.2, -0.15) is 0 Å². The van der Waals surface area contributed by atoms with E-state index in [2.05, 4.69) is 0 Å². The van der Waals surface area contributed by atoms with Crippen LogP contribution in [0.5, 0.6) is 0 Å². The Morgan fingerprint density at radius 2 is 1.54 bits per heavy atom. The molecule has 0 bridgehead atoms. The van der Waals surface area contributed by atoms with Crippen LogP contribution in [0.3, 0.4) is 0 Å². The van der Waals surface area contributed by atoms with Crippen LogP contribution in [-0.4, -0.2) is 47.9 Å². The summed E-state index contributed by atoms with van der Waals surface area (Å²) in [7, 11) is 0. The number of hydrogen-bond acceptors (Lipinski definition) is 6. The number of non-ortho nitro benzene ring substituents is 1. The van der Waals surface area contributed by atoms with Crippen LogP contribution in [0.15, 0.2) is 60.3 Å². The van der Waals surface area contributed by atoms with Crippen LogP contribution in [0.25, 0.3) is 5.57 Å². The molecule has 1 fully saturated rings. The van der Waals surface area contributed by atoms with Gasteiger partial charge in [-0.3, -0.25) is 19.7 Å². The fraction of sp³-hybridized carbons (Fsp3) is 0.200. The Labute approximate surface area is 160 Å². The molecule has 0 aliphatic carbocycles. The lowest BCUT2D eigenvalue weighted by molar-refractivity contribution is -0.384. The van der Waals surface area contributed by atoms with Crippen molar-refractivity contribution in [3.8, 4) is 0 Å². The van der Waals surface area contributed by atoms with Crippen LogP contribution in [0.1, 0.15) is 5.56 Å². The summed E-state index contributed by atoms with van der Waals surface area (Å²) in [6, 6.07) is 14.4. The van der Waals surface area contributed by atoms with Gasteiger partial charge in [0, 0.05) is 25.2 Å². The van der Waals surface area contributed by atoms with Gasteiger partial charge in [0.25, 0.3) is 17.5 Å². The van der Waals surface area contributed by atoms with E-state index in [0.29, 0.717) is 43.3 Å². The molecule has 0 atom stereocenters. The lowest BCUT2D eigenvalue weighted by Gasteiger charge is -2.29. The number of ether oxygens (including phenoxy) is 1. The van der Waals surface area contributed by atoms with Crippen LogP contribution >= 0.6 is 0 Å². The highest BCUT2D eigenvalue weighted by Crippen LogP contribution is 2.35. The number of nitro benzene ring substituents is 1. The van der Waals surface area contributed by atoms with Gasteiger partial charge in [-0.25, -0.2) is 4.90 Å². The van der Waals surface area contributed by atoms with E-state index in [-0.39, 0.29) is 11.3 Å². The predicted octanol–water partition coefficient (Wildman–Crippen LogP) is 2.21. The number of benzene rings is 2. The first-order valence-electron chi connectivity index (χ1n) is 8.83. The molecular formula is C20H17N3O5. The summed E-state index contributed by atoms with van der Waals surface area (Å²) in [5, 5.41) is 10.9. The quantitative estimate of drug-likeness (QED) is 0.459. The number of carbonyl (C=O) groups is 2. The molecule has 2 amide bonds. The second kappa shape index (κ2) is 7.24. The van der Waals surface area contributed by atoms with E-state index in [1.807, 2.05) is 11.0 Å². The molecule has 8 nitrogen and oxygen atoms in total. The number of nitrogens with zero attached hydrogens (tertiary/aromatic N) is 3. The average molecular weight is 379 g/mol. The Morgan fingerprint density at radius 3 is 2.14 bits per heavy atom. The van der Waals surface area contributed by atoms with Gasteiger partial charge >= 0.3 is 0 Å². The van der Waals surface area contributed by atoms with Crippen LogP contribution in [0.2, 0.25) is 0 Å². The van der Waals surface area contributed by atoms with Gasteiger partial charge in [-0.05, 0) is 29.8 Å². The third kappa shape index (κ3) is 3.03. The number of imide groups is 1. The second-order valence-corrected chi connectivity index (χ2v) is 6.41. The number of para-hydroxylation sites is 1. The predicted molar refractivity (Wildman–Crippen MR) is 101 cm³/mol. The zero-order valence-electron chi connectivity index (χ0n) is 14.9. The lowest BCUT2D eigenvalue weighted by Crippen LogP contribution is -2.40. The highest BCUT2D eigenvalue weighted by atomic mass is 16.6. The van der Waals surface area contributed by atoms with Crippen molar-refractivity contribution in [1.82, 2.24) is 4.90 Å². The first-order valence-corrected chi connectivity index (χ1v) is 8.83. The summed E-state index contributed by atoms with van der Waals surface area (Å²) < 4.78 is 5.37. The van der Waals surface area contributed by atoms with Gasteiger partial charge in [0.15, 0.2) is 0 Å². The average Bonchev–Trinajstić information content (AvgIpc) is 2.99. The number of hydrogen-bond donors (Lipinski definition) is 0. The maximum absolute atomic E-state index is 13.2. The fourth-order valence-corrected chi connectivity index (χ4v) is 3.42. The molecule has 2 aromatic rings. The monoisotopic (exact) mass is 379 g/mol. The third-order valence-corrected chi connectivity index (χ3v) is 4.77. The zero-order chi connectivity index (χ0) is 19.7. The SMILES string of the molecule is O=C1C(c2ccc([N+](=O)[O-])cc2)=C(N2CCOCC2)C(=O)N1c1ccccc1. The molecule has 1 saturated heterocycles. The Kier molecular flexibility index (Phi) is 4.62. The number of morpholine rings is 1. The zero-order valence-corrected chi connectivity index (χ0v) is 14.9.